The van der Waals surface area contributed by atoms with E-state index < -0.39 is 11.6 Å². The first-order valence-corrected chi connectivity index (χ1v) is 9.63. The molecule has 148 valence electrons. The number of benzene rings is 1. The van der Waals surface area contributed by atoms with Gasteiger partial charge in [0.05, 0.1) is 6.04 Å². The highest BCUT2D eigenvalue weighted by Crippen LogP contribution is 2.21. The van der Waals surface area contributed by atoms with E-state index in [1.165, 1.54) is 0 Å². The fourth-order valence-electron chi connectivity index (χ4n) is 3.79. The molecule has 2 amide bonds. The molecule has 0 bridgehead atoms. The molecule has 0 spiro atoms. The lowest BCUT2D eigenvalue weighted by atomic mass is 10.1. The predicted octanol–water partition coefficient (Wildman–Crippen LogP) is 2.37. The first kappa shape index (κ1) is 19.7. The fourth-order valence-corrected chi connectivity index (χ4v) is 3.79. The van der Waals surface area contributed by atoms with Crippen molar-refractivity contribution in [2.75, 3.05) is 39.3 Å². The van der Waals surface area contributed by atoms with Crippen LogP contribution >= 0.6 is 0 Å². The van der Waals surface area contributed by atoms with Gasteiger partial charge in [0.15, 0.2) is 0 Å². The van der Waals surface area contributed by atoms with Crippen molar-refractivity contribution in [2.45, 2.75) is 32.7 Å². The van der Waals surface area contributed by atoms with Gasteiger partial charge in [-0.25, -0.2) is 8.78 Å². The highest BCUT2D eigenvalue weighted by Gasteiger charge is 2.37. The molecule has 1 unspecified atom stereocenters. The van der Waals surface area contributed by atoms with E-state index in [1.54, 1.807) is 4.90 Å². The quantitative estimate of drug-likeness (QED) is 0.789. The number of hydrogen-bond donors (Lipinski definition) is 0. The second-order valence-electron chi connectivity index (χ2n) is 7.80. The Labute approximate surface area is 158 Å². The minimum atomic E-state index is -0.755. The number of nitrogens with zero attached hydrogens (tertiary/aromatic N) is 3. The predicted molar refractivity (Wildman–Crippen MR) is 98.3 cm³/mol. The van der Waals surface area contributed by atoms with Crippen LogP contribution in [0.2, 0.25) is 0 Å². The zero-order valence-corrected chi connectivity index (χ0v) is 16.0. The molecule has 2 aliphatic rings. The van der Waals surface area contributed by atoms with Gasteiger partial charge >= 0.3 is 0 Å². The maximum absolute atomic E-state index is 13.4. The van der Waals surface area contributed by atoms with Gasteiger partial charge in [0.25, 0.3) is 5.91 Å². The van der Waals surface area contributed by atoms with E-state index in [-0.39, 0.29) is 23.4 Å². The van der Waals surface area contributed by atoms with Crippen molar-refractivity contribution >= 4 is 11.8 Å². The summed E-state index contributed by atoms with van der Waals surface area (Å²) in [5.41, 5.74) is 0.0257. The van der Waals surface area contributed by atoms with Crippen molar-refractivity contribution in [3.05, 3.63) is 35.4 Å². The van der Waals surface area contributed by atoms with Gasteiger partial charge in [-0.3, -0.25) is 14.5 Å². The Balaban J connectivity index is 1.54. The zero-order valence-electron chi connectivity index (χ0n) is 16.0. The van der Waals surface area contributed by atoms with Crippen molar-refractivity contribution in [2.24, 2.45) is 5.92 Å². The molecule has 2 heterocycles. The molecular formula is C20H27F2N3O2. The van der Waals surface area contributed by atoms with Crippen molar-refractivity contribution < 1.29 is 18.4 Å². The van der Waals surface area contributed by atoms with Gasteiger partial charge in [-0.05, 0) is 30.9 Å². The fraction of sp³-hybridized carbons (Fsp3) is 0.600. The second-order valence-corrected chi connectivity index (χ2v) is 7.80. The molecule has 27 heavy (non-hydrogen) atoms. The topological polar surface area (TPSA) is 43.9 Å². The number of halogens is 2. The third-order valence-electron chi connectivity index (χ3n) is 5.40. The molecule has 3 rings (SSSR count). The molecule has 7 heteroatoms. The van der Waals surface area contributed by atoms with Crippen LogP contribution in [0.4, 0.5) is 8.78 Å². The molecular weight excluding hydrogens is 352 g/mol. The summed E-state index contributed by atoms with van der Waals surface area (Å²) >= 11 is 0. The SMILES string of the molecule is CC(C)CCN1CCC(N2CCN(C(=O)c3cc(F)cc(F)c3)CC2)C1=O. The normalized spacial score (nSPS) is 21.4. The number of likely N-dealkylation sites (tertiary alicyclic amines) is 1. The van der Waals surface area contributed by atoms with E-state index >= 15 is 0 Å². The zero-order chi connectivity index (χ0) is 19.6. The van der Waals surface area contributed by atoms with Gasteiger partial charge in [-0.2, -0.15) is 0 Å². The third kappa shape index (κ3) is 4.64. The Morgan fingerprint density at radius 2 is 1.70 bits per heavy atom. The summed E-state index contributed by atoms with van der Waals surface area (Å²) in [6.07, 6.45) is 1.82. The molecule has 0 radical (unpaired) electrons. The lowest BCUT2D eigenvalue weighted by molar-refractivity contribution is -0.132. The Hall–Kier alpha value is -2.02. The van der Waals surface area contributed by atoms with Gasteiger partial charge in [0.2, 0.25) is 5.91 Å². The number of amides is 2. The summed E-state index contributed by atoms with van der Waals surface area (Å²) in [5.74, 6) is -1.13. The summed E-state index contributed by atoms with van der Waals surface area (Å²) < 4.78 is 26.7. The summed E-state index contributed by atoms with van der Waals surface area (Å²) in [6.45, 7) is 7.99. The molecule has 0 saturated carbocycles. The number of rotatable bonds is 5. The molecule has 5 nitrogen and oxygen atoms in total. The van der Waals surface area contributed by atoms with Gasteiger partial charge in [0, 0.05) is 50.9 Å². The van der Waals surface area contributed by atoms with Crippen LogP contribution in [0.5, 0.6) is 0 Å². The number of piperazine rings is 1. The van der Waals surface area contributed by atoms with Crippen molar-refractivity contribution in [3.8, 4) is 0 Å². The average Bonchev–Trinajstić information content (AvgIpc) is 2.99. The van der Waals surface area contributed by atoms with Crippen LogP contribution in [-0.4, -0.2) is 71.8 Å². The Kier molecular flexibility index (Phi) is 6.09. The second kappa shape index (κ2) is 8.33. The summed E-state index contributed by atoms with van der Waals surface area (Å²) in [4.78, 5) is 30.8. The van der Waals surface area contributed by atoms with E-state index in [0.29, 0.717) is 32.1 Å². The third-order valence-corrected chi connectivity index (χ3v) is 5.40. The molecule has 2 fully saturated rings. The van der Waals surface area contributed by atoms with Gasteiger partial charge in [-0.1, -0.05) is 13.8 Å². The van der Waals surface area contributed by atoms with E-state index in [0.717, 1.165) is 44.1 Å². The number of hydrogen-bond acceptors (Lipinski definition) is 3. The highest BCUT2D eigenvalue weighted by atomic mass is 19.1. The van der Waals surface area contributed by atoms with Crippen molar-refractivity contribution in [3.63, 3.8) is 0 Å². The van der Waals surface area contributed by atoms with Crippen LogP contribution in [0.15, 0.2) is 18.2 Å². The van der Waals surface area contributed by atoms with Gasteiger partial charge < -0.3 is 9.80 Å². The van der Waals surface area contributed by atoms with E-state index in [9.17, 15) is 18.4 Å². The molecule has 1 aromatic carbocycles. The Bertz CT molecular complexity index is 682. The molecule has 0 N–H and O–H groups in total. The Morgan fingerprint density at radius 3 is 2.30 bits per heavy atom. The van der Waals surface area contributed by atoms with Crippen LogP contribution in [0.1, 0.15) is 37.0 Å². The Morgan fingerprint density at radius 1 is 1.07 bits per heavy atom. The highest BCUT2D eigenvalue weighted by molar-refractivity contribution is 5.94. The molecule has 0 aliphatic carbocycles. The minimum absolute atomic E-state index is 0.0257. The van der Waals surface area contributed by atoms with Crippen molar-refractivity contribution in [1.29, 1.82) is 0 Å². The summed E-state index contributed by atoms with van der Waals surface area (Å²) in [6, 6.07) is 2.77. The smallest absolute Gasteiger partial charge is 0.254 e. The maximum atomic E-state index is 13.4. The van der Waals surface area contributed by atoms with Crippen LogP contribution < -0.4 is 0 Å². The molecule has 1 aromatic rings. The van der Waals surface area contributed by atoms with Gasteiger partial charge in [0.1, 0.15) is 11.6 Å². The lowest BCUT2D eigenvalue weighted by Crippen LogP contribution is -2.53. The average molecular weight is 379 g/mol. The van der Waals surface area contributed by atoms with E-state index in [1.807, 2.05) is 4.90 Å². The number of carbonyl (C=O) groups excluding carboxylic acids is 2. The van der Waals surface area contributed by atoms with E-state index in [2.05, 4.69) is 18.7 Å². The molecule has 2 aliphatic heterocycles. The first-order chi connectivity index (χ1) is 12.8. The van der Waals surface area contributed by atoms with Crippen LogP contribution in [0.25, 0.3) is 0 Å². The molecule has 2 saturated heterocycles. The largest absolute Gasteiger partial charge is 0.341 e. The van der Waals surface area contributed by atoms with Crippen molar-refractivity contribution in [1.82, 2.24) is 14.7 Å². The minimum Gasteiger partial charge on any atom is -0.341 e. The van der Waals surface area contributed by atoms with Gasteiger partial charge in [-0.15, -0.1) is 0 Å². The monoisotopic (exact) mass is 379 g/mol. The lowest BCUT2D eigenvalue weighted by Gasteiger charge is -2.37. The summed E-state index contributed by atoms with van der Waals surface area (Å²) in [7, 11) is 0. The van der Waals surface area contributed by atoms with Crippen LogP contribution in [0, 0.1) is 17.6 Å². The molecule has 1 atom stereocenters. The summed E-state index contributed by atoms with van der Waals surface area (Å²) in [5, 5.41) is 0. The van der Waals surface area contributed by atoms with Crippen LogP contribution in [0.3, 0.4) is 0 Å². The standard InChI is InChI=1S/C20H27F2N3O2/c1-14(2)3-5-24-6-4-18(20(24)27)23-7-9-25(10-8-23)19(26)15-11-16(21)13-17(22)12-15/h11-14,18H,3-10H2,1-2H3. The van der Waals surface area contributed by atoms with Crippen LogP contribution in [-0.2, 0) is 4.79 Å². The number of carbonyl (C=O) groups is 2. The van der Waals surface area contributed by atoms with E-state index in [4.69, 9.17) is 0 Å². The maximum Gasteiger partial charge on any atom is 0.254 e. The molecule has 0 aromatic heterocycles. The first-order valence-electron chi connectivity index (χ1n) is 9.63.